The van der Waals surface area contributed by atoms with Crippen LogP contribution in [0.4, 0.5) is 0 Å². The Bertz CT molecular complexity index is 1230. The fraction of sp³-hybridized carbons (Fsp3) is 0.179. The number of benzene rings is 3. The van der Waals surface area contributed by atoms with Crippen LogP contribution in [0.15, 0.2) is 78.9 Å². The summed E-state index contributed by atoms with van der Waals surface area (Å²) in [5.74, 6) is -3.65. The zero-order valence-corrected chi connectivity index (χ0v) is 20.9. The molecule has 196 valence electrons. The predicted molar refractivity (Wildman–Crippen MR) is 135 cm³/mol. The molecule has 10 nitrogen and oxygen atoms in total. The van der Waals surface area contributed by atoms with Gasteiger partial charge in [-0.25, -0.2) is 9.59 Å². The Morgan fingerprint density at radius 2 is 1.03 bits per heavy atom. The first-order chi connectivity index (χ1) is 18.2. The van der Waals surface area contributed by atoms with E-state index in [1.54, 1.807) is 60.7 Å². The van der Waals surface area contributed by atoms with Crippen molar-refractivity contribution in [3.63, 3.8) is 0 Å². The van der Waals surface area contributed by atoms with E-state index >= 15 is 0 Å². The van der Waals surface area contributed by atoms with Gasteiger partial charge in [0, 0.05) is 18.1 Å². The molecule has 0 saturated carbocycles. The Hall–Kier alpha value is -4.99. The Kier molecular flexibility index (Phi) is 9.31. The lowest BCUT2D eigenvalue weighted by atomic mass is 10.0. The molecule has 2 atom stereocenters. The summed E-state index contributed by atoms with van der Waals surface area (Å²) in [7, 11) is 2.39. The highest BCUT2D eigenvalue weighted by atomic mass is 16.5. The molecule has 0 aliphatic carbocycles. The second kappa shape index (κ2) is 12.8. The normalized spacial score (nSPS) is 11.9. The van der Waals surface area contributed by atoms with E-state index in [1.165, 1.54) is 32.4 Å². The number of esters is 3. The van der Waals surface area contributed by atoms with E-state index in [0.717, 1.165) is 6.92 Å². The summed E-state index contributed by atoms with van der Waals surface area (Å²) in [5.41, 5.74) is 0.803. The van der Waals surface area contributed by atoms with Crippen LogP contribution in [0, 0.1) is 0 Å². The Labute approximate surface area is 218 Å². The Morgan fingerprint density at radius 3 is 1.37 bits per heavy atom. The monoisotopic (exact) mass is 518 g/mol. The van der Waals surface area contributed by atoms with Gasteiger partial charge in [0.05, 0.1) is 14.2 Å². The molecule has 0 aliphatic heterocycles. The molecule has 0 aromatic heterocycles. The minimum Gasteiger partial charge on any atom is -0.467 e. The van der Waals surface area contributed by atoms with Gasteiger partial charge in [-0.1, -0.05) is 60.7 Å². The molecule has 3 aromatic carbocycles. The highest BCUT2D eigenvalue weighted by Gasteiger charge is 2.27. The van der Waals surface area contributed by atoms with Crippen molar-refractivity contribution in [3.8, 4) is 5.75 Å². The van der Waals surface area contributed by atoms with Crippen molar-refractivity contribution in [1.82, 2.24) is 10.6 Å². The van der Waals surface area contributed by atoms with Crippen LogP contribution in [0.5, 0.6) is 5.75 Å². The molecule has 38 heavy (non-hydrogen) atoms. The molecule has 0 heterocycles. The predicted octanol–water partition coefficient (Wildman–Crippen LogP) is 2.90. The van der Waals surface area contributed by atoms with E-state index in [0.29, 0.717) is 11.1 Å². The van der Waals surface area contributed by atoms with Gasteiger partial charge in [0.25, 0.3) is 11.8 Å². The van der Waals surface area contributed by atoms with Crippen LogP contribution < -0.4 is 15.4 Å². The van der Waals surface area contributed by atoms with E-state index in [9.17, 15) is 24.0 Å². The third-order valence-electron chi connectivity index (χ3n) is 5.38. The van der Waals surface area contributed by atoms with Crippen molar-refractivity contribution >= 4 is 29.7 Å². The summed E-state index contributed by atoms with van der Waals surface area (Å²) in [6.45, 7) is 1.16. The van der Waals surface area contributed by atoms with Crippen LogP contribution in [0.1, 0.15) is 50.9 Å². The number of hydrogen-bond donors (Lipinski definition) is 2. The first-order valence-corrected chi connectivity index (χ1v) is 11.4. The average Bonchev–Trinajstić information content (AvgIpc) is 2.93. The Balaban J connectivity index is 1.95. The van der Waals surface area contributed by atoms with E-state index < -0.39 is 41.8 Å². The van der Waals surface area contributed by atoms with Crippen molar-refractivity contribution in [1.29, 1.82) is 0 Å². The fourth-order valence-corrected chi connectivity index (χ4v) is 3.60. The SMILES string of the molecule is COC(=O)[C@H](NC(=O)c1cc(OC(C)=O)cc(C(=O)N[C@@H](C(=O)OC)c2ccccc2)c1)c1ccccc1. The lowest BCUT2D eigenvalue weighted by Gasteiger charge is -2.19. The van der Waals surface area contributed by atoms with Crippen molar-refractivity contribution in [3.05, 3.63) is 101 Å². The zero-order valence-electron chi connectivity index (χ0n) is 20.9. The van der Waals surface area contributed by atoms with E-state index in [-0.39, 0.29) is 16.9 Å². The summed E-state index contributed by atoms with van der Waals surface area (Å²) in [6.07, 6.45) is 0. The van der Waals surface area contributed by atoms with Crippen molar-refractivity contribution in [2.45, 2.75) is 19.0 Å². The van der Waals surface area contributed by atoms with Crippen molar-refractivity contribution in [2.24, 2.45) is 0 Å². The molecule has 0 saturated heterocycles. The minimum absolute atomic E-state index is 0.0759. The minimum atomic E-state index is -1.13. The standard InChI is InChI=1S/C28H26N2O8/c1-17(31)38-22-15-20(25(32)29-23(27(34)36-2)18-10-6-4-7-11-18)14-21(16-22)26(33)30-24(28(35)37-3)19-12-8-5-9-13-19/h4-16,23-24H,1-3H3,(H,29,32)(H,30,33)/t23-,24-/m1/s1. The first kappa shape index (κ1) is 27.6. The maximum absolute atomic E-state index is 13.2. The number of nitrogens with one attached hydrogen (secondary N) is 2. The van der Waals surface area contributed by atoms with Gasteiger partial charge in [-0.2, -0.15) is 0 Å². The quantitative estimate of drug-likeness (QED) is 0.326. The number of amides is 2. The lowest BCUT2D eigenvalue weighted by molar-refractivity contribution is -0.143. The molecule has 0 unspecified atom stereocenters. The van der Waals surface area contributed by atoms with Crippen LogP contribution in [-0.2, 0) is 23.9 Å². The van der Waals surface area contributed by atoms with Gasteiger partial charge < -0.3 is 24.8 Å². The molecular formula is C28H26N2O8. The number of methoxy groups -OCH3 is 2. The summed E-state index contributed by atoms with van der Waals surface area (Å²) in [5, 5.41) is 5.16. The number of ether oxygens (including phenoxy) is 3. The zero-order chi connectivity index (χ0) is 27.7. The third-order valence-corrected chi connectivity index (χ3v) is 5.38. The number of carbonyl (C=O) groups is 5. The van der Waals surface area contributed by atoms with Gasteiger partial charge in [-0.3, -0.25) is 14.4 Å². The second-order valence-electron chi connectivity index (χ2n) is 8.02. The first-order valence-electron chi connectivity index (χ1n) is 11.4. The molecule has 2 amide bonds. The van der Waals surface area contributed by atoms with Gasteiger partial charge in [-0.05, 0) is 29.3 Å². The van der Waals surface area contributed by atoms with E-state index in [1.807, 2.05) is 0 Å². The molecule has 2 N–H and O–H groups in total. The third kappa shape index (κ3) is 7.03. The maximum Gasteiger partial charge on any atom is 0.333 e. The van der Waals surface area contributed by atoms with Crippen molar-refractivity contribution in [2.75, 3.05) is 14.2 Å². The highest BCUT2D eigenvalue weighted by molar-refractivity contribution is 6.02. The van der Waals surface area contributed by atoms with Crippen LogP contribution in [0.2, 0.25) is 0 Å². The maximum atomic E-state index is 13.2. The summed E-state index contributed by atoms with van der Waals surface area (Å²) in [4.78, 5) is 62.8. The fourth-order valence-electron chi connectivity index (χ4n) is 3.60. The molecule has 0 spiro atoms. The van der Waals surface area contributed by atoms with Crippen LogP contribution >= 0.6 is 0 Å². The van der Waals surface area contributed by atoms with Crippen molar-refractivity contribution < 1.29 is 38.2 Å². The molecule has 0 bridgehead atoms. The van der Waals surface area contributed by atoms with E-state index in [2.05, 4.69) is 10.6 Å². The van der Waals surface area contributed by atoms with Gasteiger partial charge in [0.15, 0.2) is 12.1 Å². The van der Waals surface area contributed by atoms with Crippen LogP contribution in [0.25, 0.3) is 0 Å². The molecule has 3 aromatic rings. The smallest absolute Gasteiger partial charge is 0.333 e. The Morgan fingerprint density at radius 1 is 0.632 bits per heavy atom. The van der Waals surface area contributed by atoms with Gasteiger partial charge >= 0.3 is 17.9 Å². The lowest BCUT2D eigenvalue weighted by Crippen LogP contribution is -2.36. The van der Waals surface area contributed by atoms with Gasteiger partial charge in [0.2, 0.25) is 0 Å². The number of rotatable bonds is 9. The molecular weight excluding hydrogens is 492 g/mol. The summed E-state index contributed by atoms with van der Waals surface area (Å²) in [6, 6.07) is 18.4. The number of carbonyl (C=O) groups excluding carboxylic acids is 5. The summed E-state index contributed by atoms with van der Waals surface area (Å²) >= 11 is 0. The topological polar surface area (TPSA) is 137 Å². The molecule has 0 fully saturated rings. The van der Waals surface area contributed by atoms with Crippen LogP contribution in [-0.4, -0.2) is 43.9 Å². The largest absolute Gasteiger partial charge is 0.467 e. The second-order valence-corrected chi connectivity index (χ2v) is 8.02. The highest BCUT2D eigenvalue weighted by Crippen LogP contribution is 2.22. The average molecular weight is 519 g/mol. The molecule has 0 radical (unpaired) electrons. The molecule has 3 rings (SSSR count). The summed E-state index contributed by atoms with van der Waals surface area (Å²) < 4.78 is 14.8. The van der Waals surface area contributed by atoms with E-state index in [4.69, 9.17) is 14.2 Å². The molecule has 0 aliphatic rings. The molecule has 10 heteroatoms. The van der Waals surface area contributed by atoms with Gasteiger partial charge in [-0.15, -0.1) is 0 Å². The van der Waals surface area contributed by atoms with Crippen LogP contribution in [0.3, 0.4) is 0 Å². The number of hydrogen-bond acceptors (Lipinski definition) is 8. The van der Waals surface area contributed by atoms with Gasteiger partial charge in [0.1, 0.15) is 5.75 Å².